The number of rotatable bonds is 8. The molecule has 2 aliphatic rings. The number of pyridine rings is 1. The summed E-state index contributed by atoms with van der Waals surface area (Å²) in [4.78, 5) is 57.1. The number of benzene rings is 2. The van der Waals surface area contributed by atoms with Crippen LogP contribution >= 0.6 is 23.2 Å². The molecule has 3 heterocycles. The number of carbonyl (C=O) groups excluding carboxylic acids is 2. The topological polar surface area (TPSA) is 125 Å². The van der Waals surface area contributed by atoms with Gasteiger partial charge in [0.25, 0.3) is 11.5 Å². The van der Waals surface area contributed by atoms with E-state index in [4.69, 9.17) is 37.7 Å². The Morgan fingerprint density at radius 2 is 1.70 bits per heavy atom. The number of amides is 1. The summed E-state index contributed by atoms with van der Waals surface area (Å²) in [5, 5.41) is 3.33. The number of hydrogen-bond acceptors (Lipinski definition) is 8. The molecule has 244 valence electrons. The largest absolute Gasteiger partial charge is 0.481 e. The van der Waals surface area contributed by atoms with E-state index < -0.39 is 17.2 Å². The smallest absolute Gasteiger partial charge is 0.330 e. The van der Waals surface area contributed by atoms with Gasteiger partial charge in [-0.1, -0.05) is 53.5 Å². The number of likely N-dealkylation sites (tertiary alicyclic amines) is 1. The molecule has 11 nitrogen and oxygen atoms in total. The first-order valence-corrected chi connectivity index (χ1v) is 15.9. The number of esters is 1. The molecule has 4 aromatic rings. The number of aryl methyl sites for hydroxylation is 2. The second-order valence-corrected chi connectivity index (χ2v) is 12.4. The van der Waals surface area contributed by atoms with Crippen LogP contribution in [0.15, 0.2) is 58.3 Å². The highest BCUT2D eigenvalue weighted by molar-refractivity contribution is 6.39. The fourth-order valence-corrected chi connectivity index (χ4v) is 6.94. The van der Waals surface area contributed by atoms with Gasteiger partial charge in [-0.25, -0.2) is 9.78 Å². The van der Waals surface area contributed by atoms with Gasteiger partial charge < -0.3 is 19.4 Å². The summed E-state index contributed by atoms with van der Waals surface area (Å²) >= 11 is 13.9. The van der Waals surface area contributed by atoms with Gasteiger partial charge in [0.2, 0.25) is 5.88 Å². The number of nitrogens with zero attached hydrogens (tertiary/aromatic N) is 4. The van der Waals surface area contributed by atoms with Gasteiger partial charge in [0.05, 0.1) is 41.1 Å². The van der Waals surface area contributed by atoms with Crippen molar-refractivity contribution < 1.29 is 19.1 Å². The minimum absolute atomic E-state index is 0.103. The molecular formula is C34H33Cl2N5O6. The number of methoxy groups -OCH3 is 1. The monoisotopic (exact) mass is 677 g/mol. The zero-order chi connectivity index (χ0) is 33.6. The average molecular weight is 679 g/mol. The highest BCUT2D eigenvalue weighted by Crippen LogP contribution is 2.46. The van der Waals surface area contributed by atoms with Gasteiger partial charge in [-0.15, -0.1) is 0 Å². The molecule has 1 atom stereocenters. The van der Waals surface area contributed by atoms with Crippen LogP contribution in [0.4, 0.5) is 5.69 Å². The van der Waals surface area contributed by atoms with Crippen molar-refractivity contribution in [3.63, 3.8) is 0 Å². The molecule has 1 aliphatic carbocycles. The zero-order valence-corrected chi connectivity index (χ0v) is 27.8. The molecule has 47 heavy (non-hydrogen) atoms. The van der Waals surface area contributed by atoms with E-state index in [9.17, 15) is 19.2 Å². The Bertz CT molecular complexity index is 2030. The highest BCUT2D eigenvalue weighted by atomic mass is 35.5. The van der Waals surface area contributed by atoms with Crippen molar-refractivity contribution in [1.29, 1.82) is 0 Å². The van der Waals surface area contributed by atoms with Gasteiger partial charge in [0.1, 0.15) is 5.56 Å². The molecule has 0 saturated carbocycles. The maximum atomic E-state index is 13.1. The van der Waals surface area contributed by atoms with Gasteiger partial charge in [0, 0.05) is 61.7 Å². The third-order valence-corrected chi connectivity index (χ3v) is 9.61. The van der Waals surface area contributed by atoms with Crippen molar-refractivity contribution >= 4 is 40.8 Å². The molecule has 1 N–H and O–H groups in total. The van der Waals surface area contributed by atoms with Crippen LogP contribution < -0.4 is 21.3 Å². The van der Waals surface area contributed by atoms with E-state index in [1.54, 1.807) is 25.3 Å². The normalized spacial score (nSPS) is 16.0. The van der Waals surface area contributed by atoms with Gasteiger partial charge >= 0.3 is 11.7 Å². The van der Waals surface area contributed by atoms with E-state index >= 15 is 0 Å². The van der Waals surface area contributed by atoms with E-state index in [1.807, 2.05) is 31.2 Å². The molecular weight excluding hydrogens is 645 g/mol. The van der Waals surface area contributed by atoms with E-state index in [0.29, 0.717) is 53.0 Å². The van der Waals surface area contributed by atoms with Crippen LogP contribution in [0.3, 0.4) is 0 Å². The van der Waals surface area contributed by atoms with Crippen LogP contribution in [0.1, 0.15) is 40.9 Å². The van der Waals surface area contributed by atoms with Gasteiger partial charge in [-0.3, -0.25) is 23.9 Å². The lowest BCUT2D eigenvalue weighted by molar-refractivity contribution is -0.155. The molecule has 13 heteroatoms. The van der Waals surface area contributed by atoms with Crippen LogP contribution in [-0.4, -0.2) is 57.7 Å². The number of nitrogens with one attached hydrogen (secondary N) is 1. The fourth-order valence-electron chi connectivity index (χ4n) is 6.35. The Labute approximate surface area is 280 Å². The van der Waals surface area contributed by atoms with E-state index in [0.717, 1.165) is 33.1 Å². The van der Waals surface area contributed by atoms with Gasteiger partial charge in [-0.05, 0) is 37.5 Å². The molecule has 1 amide bonds. The number of carbonyl (C=O) groups is 2. The first-order valence-electron chi connectivity index (χ1n) is 15.2. The number of hydrogen-bond donors (Lipinski definition) is 1. The second kappa shape index (κ2) is 13.0. The van der Waals surface area contributed by atoms with Crippen molar-refractivity contribution in [3.8, 4) is 28.3 Å². The molecule has 1 saturated heterocycles. The van der Waals surface area contributed by atoms with E-state index in [-0.39, 0.29) is 34.2 Å². The van der Waals surface area contributed by atoms with Crippen LogP contribution in [-0.2, 0) is 30.0 Å². The van der Waals surface area contributed by atoms with Crippen LogP contribution in [0.2, 0.25) is 10.0 Å². The second-order valence-electron chi connectivity index (χ2n) is 11.6. The molecule has 2 aromatic carbocycles. The Morgan fingerprint density at radius 3 is 2.40 bits per heavy atom. The third kappa shape index (κ3) is 5.83. The van der Waals surface area contributed by atoms with Gasteiger partial charge in [-0.2, -0.15) is 0 Å². The first-order chi connectivity index (χ1) is 22.5. The lowest BCUT2D eigenvalue weighted by Crippen LogP contribution is -2.51. The first kappa shape index (κ1) is 32.5. The summed E-state index contributed by atoms with van der Waals surface area (Å²) in [5.41, 5.74) is 3.45. The summed E-state index contributed by atoms with van der Waals surface area (Å²) in [6, 6.07) is 12.8. The molecule has 0 bridgehead atoms. The van der Waals surface area contributed by atoms with Crippen LogP contribution in [0.25, 0.3) is 22.4 Å². The molecule has 1 aliphatic heterocycles. The molecule has 2 aromatic heterocycles. The van der Waals surface area contributed by atoms with Crippen molar-refractivity contribution in [1.82, 2.24) is 19.0 Å². The standard InChI is InChI=1S/C34H33Cl2N5O6/c1-5-47-33(44)19-15-41(16-19)26-13-12-18-14-25(38-31(46-4)27(18)26)22-10-6-8-20(28(22)35)21-9-7-11-24(29(21)36)37-30(42)23-17-39(2)34(45)40(3)32(23)43/h6-11,14,17,19,26H,5,12-13,15-16H2,1-4H3,(H,37,42). The zero-order valence-electron chi connectivity index (χ0n) is 26.3. The Morgan fingerprint density at radius 1 is 1.02 bits per heavy atom. The average Bonchev–Trinajstić information content (AvgIpc) is 3.45. The van der Waals surface area contributed by atoms with Crippen molar-refractivity contribution in [3.05, 3.63) is 96.2 Å². The number of fused-ring (bicyclic) bond motifs is 1. The van der Waals surface area contributed by atoms with E-state index in [1.165, 1.54) is 20.3 Å². The summed E-state index contributed by atoms with van der Waals surface area (Å²) in [6.07, 6.45) is 2.91. The SMILES string of the molecule is CCOC(=O)C1CN(C2CCc3cc(-c4cccc(-c5cccc(NC(=O)c6cn(C)c(=O)n(C)c6=O)c5Cl)c4Cl)nc(OC)c32)C1. The maximum Gasteiger partial charge on any atom is 0.330 e. The van der Waals surface area contributed by atoms with Gasteiger partial charge in [0.15, 0.2) is 0 Å². The molecule has 1 fully saturated rings. The quantitative estimate of drug-likeness (QED) is 0.262. The summed E-state index contributed by atoms with van der Waals surface area (Å²) < 4.78 is 13.0. The molecule has 0 spiro atoms. The third-order valence-electron chi connectivity index (χ3n) is 8.80. The minimum Gasteiger partial charge on any atom is -0.481 e. The number of anilines is 1. The van der Waals surface area contributed by atoms with Crippen molar-refractivity contribution in [2.45, 2.75) is 25.8 Å². The van der Waals surface area contributed by atoms with E-state index in [2.05, 4.69) is 10.2 Å². The molecule has 0 radical (unpaired) electrons. The molecule has 1 unspecified atom stereocenters. The Kier molecular flexibility index (Phi) is 8.97. The number of halogens is 2. The highest BCUT2D eigenvalue weighted by Gasteiger charge is 2.42. The lowest BCUT2D eigenvalue weighted by Gasteiger charge is -2.42. The Hall–Kier alpha value is -4.45. The summed E-state index contributed by atoms with van der Waals surface area (Å²) in [5.74, 6) is -0.450. The summed E-state index contributed by atoms with van der Waals surface area (Å²) in [6.45, 7) is 3.47. The predicted octanol–water partition coefficient (Wildman–Crippen LogP) is 4.86. The van der Waals surface area contributed by atoms with Crippen LogP contribution in [0.5, 0.6) is 5.88 Å². The number of aromatic nitrogens is 3. The fraction of sp³-hybridized carbons (Fsp3) is 0.324. The lowest BCUT2D eigenvalue weighted by atomic mass is 9.95. The predicted molar refractivity (Wildman–Crippen MR) is 179 cm³/mol. The Balaban J connectivity index is 1.29. The summed E-state index contributed by atoms with van der Waals surface area (Å²) in [7, 11) is 4.37. The minimum atomic E-state index is -0.719. The van der Waals surface area contributed by atoms with Crippen molar-refractivity contribution in [2.75, 3.05) is 32.1 Å². The number of ether oxygens (including phenoxy) is 2. The molecule has 6 rings (SSSR count). The van der Waals surface area contributed by atoms with Crippen molar-refractivity contribution in [2.24, 2.45) is 20.0 Å². The van der Waals surface area contributed by atoms with Crippen LogP contribution in [0, 0.1) is 5.92 Å². The maximum absolute atomic E-state index is 13.1.